The van der Waals surface area contributed by atoms with Crippen LogP contribution in [0.15, 0.2) is 174 Å². The lowest BCUT2D eigenvalue weighted by atomic mass is 9.92. The van der Waals surface area contributed by atoms with E-state index in [0.29, 0.717) is 5.82 Å². The van der Waals surface area contributed by atoms with Gasteiger partial charge in [-0.15, -0.1) is 0 Å². The van der Waals surface area contributed by atoms with Crippen LogP contribution >= 0.6 is 0 Å². The van der Waals surface area contributed by atoms with Crippen molar-refractivity contribution in [3.63, 3.8) is 0 Å². The Morgan fingerprint density at radius 1 is 0.353 bits per heavy atom. The van der Waals surface area contributed by atoms with E-state index in [1.54, 1.807) is 0 Å². The molecular weight excluding hydrogens is 621 g/mol. The van der Waals surface area contributed by atoms with Crippen molar-refractivity contribution in [2.24, 2.45) is 0 Å². The van der Waals surface area contributed by atoms with Gasteiger partial charge in [0, 0.05) is 27.3 Å². The summed E-state index contributed by atoms with van der Waals surface area (Å²) in [7, 11) is 0. The molecule has 0 aliphatic rings. The Balaban J connectivity index is 1.11. The van der Waals surface area contributed by atoms with Crippen LogP contribution in [0.25, 0.3) is 110 Å². The Morgan fingerprint density at radius 2 is 1.04 bits per heavy atom. The Bertz CT molecular complexity index is 3190. The minimum atomic E-state index is 0.699. The molecule has 0 bridgehead atoms. The summed E-state index contributed by atoms with van der Waals surface area (Å²) < 4.78 is 6.28. The monoisotopic (exact) mass is 648 g/mol. The van der Waals surface area contributed by atoms with E-state index in [2.05, 4.69) is 133 Å². The summed E-state index contributed by atoms with van der Waals surface area (Å²) in [5, 5.41) is 13.3. The lowest BCUT2D eigenvalue weighted by molar-refractivity contribution is 0.669. The number of nitrogens with zero attached hydrogens (tertiary/aromatic N) is 2. The second kappa shape index (κ2) is 10.8. The largest absolute Gasteiger partial charge is 0.456 e. The average molecular weight is 649 g/mol. The van der Waals surface area contributed by atoms with Gasteiger partial charge in [-0.05, 0) is 84.5 Å². The van der Waals surface area contributed by atoms with Crippen molar-refractivity contribution in [1.82, 2.24) is 9.97 Å². The summed E-state index contributed by atoms with van der Waals surface area (Å²) in [4.78, 5) is 10.4. The SMILES string of the molecule is c1ccc(-c2nc(-c3cccc4oc5ccccc5c34)c3ccc(-c4ccc5c(ccc6c5ccc5ccc7ccccc7c56)c4)cc3n2)cc1. The Morgan fingerprint density at radius 3 is 1.96 bits per heavy atom. The van der Waals surface area contributed by atoms with Gasteiger partial charge in [-0.25, -0.2) is 9.97 Å². The number of rotatable bonds is 3. The molecule has 0 amide bonds. The Hall–Kier alpha value is -6.84. The molecule has 236 valence electrons. The first-order chi connectivity index (χ1) is 25.3. The van der Waals surface area contributed by atoms with E-state index in [0.717, 1.165) is 60.8 Å². The van der Waals surface area contributed by atoms with Crippen molar-refractivity contribution in [2.45, 2.75) is 0 Å². The molecular formula is C48H28N2O. The number of aromatic nitrogens is 2. The number of para-hydroxylation sites is 1. The molecule has 3 nitrogen and oxygen atoms in total. The van der Waals surface area contributed by atoms with E-state index < -0.39 is 0 Å². The molecule has 0 saturated carbocycles. The van der Waals surface area contributed by atoms with Crippen molar-refractivity contribution in [1.29, 1.82) is 0 Å². The molecule has 51 heavy (non-hydrogen) atoms. The van der Waals surface area contributed by atoms with E-state index in [4.69, 9.17) is 14.4 Å². The van der Waals surface area contributed by atoms with Crippen molar-refractivity contribution >= 4 is 75.9 Å². The van der Waals surface area contributed by atoms with Crippen LogP contribution in [0.2, 0.25) is 0 Å². The minimum absolute atomic E-state index is 0.699. The molecule has 0 N–H and O–H groups in total. The highest BCUT2D eigenvalue weighted by molar-refractivity contribution is 6.25. The van der Waals surface area contributed by atoms with Crippen LogP contribution in [-0.2, 0) is 0 Å². The number of furan rings is 1. The second-order valence-electron chi connectivity index (χ2n) is 13.3. The molecule has 2 aromatic heterocycles. The van der Waals surface area contributed by atoms with E-state index in [9.17, 15) is 0 Å². The summed E-state index contributed by atoms with van der Waals surface area (Å²) in [6.07, 6.45) is 0. The fourth-order valence-corrected chi connectivity index (χ4v) is 8.03. The first-order valence-electron chi connectivity index (χ1n) is 17.3. The summed E-state index contributed by atoms with van der Waals surface area (Å²) in [5.74, 6) is 0.699. The van der Waals surface area contributed by atoms with E-state index >= 15 is 0 Å². The normalized spacial score (nSPS) is 11.9. The van der Waals surface area contributed by atoms with Gasteiger partial charge in [0.25, 0.3) is 0 Å². The number of hydrogen-bond donors (Lipinski definition) is 0. The summed E-state index contributed by atoms with van der Waals surface area (Å²) in [6, 6.07) is 60.3. The summed E-state index contributed by atoms with van der Waals surface area (Å²) in [6.45, 7) is 0. The third-order valence-corrected chi connectivity index (χ3v) is 10.4. The zero-order valence-electron chi connectivity index (χ0n) is 27.5. The fraction of sp³-hybridized carbons (Fsp3) is 0. The molecule has 11 rings (SSSR count). The smallest absolute Gasteiger partial charge is 0.160 e. The molecule has 0 fully saturated rings. The number of fused-ring (bicyclic) bond motifs is 11. The minimum Gasteiger partial charge on any atom is -0.456 e. The summed E-state index contributed by atoms with van der Waals surface area (Å²) >= 11 is 0. The number of hydrogen-bond acceptors (Lipinski definition) is 3. The first-order valence-corrected chi connectivity index (χ1v) is 17.3. The average Bonchev–Trinajstić information content (AvgIpc) is 3.59. The van der Waals surface area contributed by atoms with Crippen LogP contribution in [0, 0.1) is 0 Å². The topological polar surface area (TPSA) is 38.9 Å². The zero-order chi connectivity index (χ0) is 33.5. The van der Waals surface area contributed by atoms with Gasteiger partial charge in [-0.3, -0.25) is 0 Å². The van der Waals surface area contributed by atoms with Crippen LogP contribution in [-0.4, -0.2) is 9.97 Å². The van der Waals surface area contributed by atoms with Crippen LogP contribution in [0.4, 0.5) is 0 Å². The van der Waals surface area contributed by atoms with Crippen molar-refractivity contribution < 1.29 is 4.42 Å². The zero-order valence-corrected chi connectivity index (χ0v) is 27.5. The highest BCUT2D eigenvalue weighted by Gasteiger charge is 2.18. The lowest BCUT2D eigenvalue weighted by Crippen LogP contribution is -1.96. The van der Waals surface area contributed by atoms with Gasteiger partial charge in [0.2, 0.25) is 0 Å². The van der Waals surface area contributed by atoms with Crippen molar-refractivity contribution in [3.05, 3.63) is 170 Å². The van der Waals surface area contributed by atoms with E-state index in [-0.39, 0.29) is 0 Å². The van der Waals surface area contributed by atoms with Gasteiger partial charge in [0.05, 0.1) is 11.2 Å². The van der Waals surface area contributed by atoms with Gasteiger partial charge in [-0.1, -0.05) is 140 Å². The Labute approximate surface area is 293 Å². The molecule has 0 radical (unpaired) electrons. The van der Waals surface area contributed by atoms with E-state index in [1.807, 2.05) is 36.4 Å². The second-order valence-corrected chi connectivity index (χ2v) is 13.3. The maximum atomic E-state index is 6.28. The Kier molecular flexibility index (Phi) is 5.96. The maximum Gasteiger partial charge on any atom is 0.160 e. The molecule has 0 saturated heterocycles. The summed E-state index contributed by atoms with van der Waals surface area (Å²) in [5.41, 5.74) is 7.80. The molecule has 2 heterocycles. The van der Waals surface area contributed by atoms with Crippen LogP contribution in [0.3, 0.4) is 0 Å². The molecule has 9 aromatic carbocycles. The first kappa shape index (κ1) is 28.0. The third kappa shape index (κ3) is 4.32. The van der Waals surface area contributed by atoms with Gasteiger partial charge < -0.3 is 4.42 Å². The molecule has 11 aromatic rings. The highest BCUT2D eigenvalue weighted by atomic mass is 16.3. The standard InChI is InChI=1S/C48H28N2O/c1-2-10-31(11-3-1)48-49-42-28-33(21-26-39(42)47(50-48)41-14-8-16-44-46(41)40-13-6-7-15-43(40)51-44)32-20-23-35-34(27-32)22-25-38-37(35)24-19-30-18-17-29-9-4-5-12-36(29)45(30)38/h1-28H. The van der Waals surface area contributed by atoms with Crippen molar-refractivity contribution in [3.8, 4) is 33.8 Å². The van der Waals surface area contributed by atoms with Gasteiger partial charge in [0.1, 0.15) is 11.2 Å². The maximum absolute atomic E-state index is 6.28. The van der Waals surface area contributed by atoms with Gasteiger partial charge in [-0.2, -0.15) is 0 Å². The van der Waals surface area contributed by atoms with Crippen LogP contribution in [0.1, 0.15) is 0 Å². The fourth-order valence-electron chi connectivity index (χ4n) is 8.03. The van der Waals surface area contributed by atoms with E-state index in [1.165, 1.54) is 43.1 Å². The molecule has 0 aliphatic heterocycles. The predicted molar refractivity (Wildman–Crippen MR) is 213 cm³/mol. The predicted octanol–water partition coefficient (Wildman–Crippen LogP) is 13.1. The molecule has 0 spiro atoms. The third-order valence-electron chi connectivity index (χ3n) is 10.4. The van der Waals surface area contributed by atoms with Crippen molar-refractivity contribution in [2.75, 3.05) is 0 Å². The highest BCUT2D eigenvalue weighted by Crippen LogP contribution is 2.41. The number of benzene rings is 9. The molecule has 3 heteroatoms. The van der Waals surface area contributed by atoms with Gasteiger partial charge in [0.15, 0.2) is 5.82 Å². The molecule has 0 unspecified atom stereocenters. The van der Waals surface area contributed by atoms with Gasteiger partial charge >= 0.3 is 0 Å². The quantitative estimate of drug-likeness (QED) is 0.179. The molecule has 0 atom stereocenters. The van der Waals surface area contributed by atoms with Crippen LogP contribution < -0.4 is 0 Å². The lowest BCUT2D eigenvalue weighted by Gasteiger charge is -2.13. The molecule has 0 aliphatic carbocycles. The van der Waals surface area contributed by atoms with Crippen LogP contribution in [0.5, 0.6) is 0 Å².